The van der Waals surface area contributed by atoms with Gasteiger partial charge in [-0.25, -0.2) is 4.79 Å². The van der Waals surface area contributed by atoms with E-state index < -0.39 is 0 Å². The van der Waals surface area contributed by atoms with Crippen LogP contribution in [0.2, 0.25) is 0 Å². The highest BCUT2D eigenvalue weighted by Gasteiger charge is 2.01. The molecule has 0 radical (unpaired) electrons. The highest BCUT2D eigenvalue weighted by atomic mass is 16.5. The zero-order valence-corrected chi connectivity index (χ0v) is 12.0. The van der Waals surface area contributed by atoms with E-state index in [1.54, 1.807) is 0 Å². The molecule has 2 N–H and O–H groups in total. The van der Waals surface area contributed by atoms with E-state index in [4.69, 9.17) is 9.84 Å². The maximum Gasteiger partial charge on any atom is 0.407 e. The molecule has 112 valence electrons. The van der Waals surface area contributed by atoms with E-state index in [0.29, 0.717) is 13.2 Å². The molecule has 0 aliphatic heterocycles. The van der Waals surface area contributed by atoms with Gasteiger partial charge in [0, 0.05) is 13.2 Å². The molecule has 0 aliphatic rings. The van der Waals surface area contributed by atoms with Crippen molar-refractivity contribution >= 4 is 6.09 Å². The van der Waals surface area contributed by atoms with Crippen molar-refractivity contribution in [1.82, 2.24) is 5.32 Å². The van der Waals surface area contributed by atoms with Crippen molar-refractivity contribution in [1.29, 1.82) is 0 Å². The van der Waals surface area contributed by atoms with Crippen molar-refractivity contribution in [3.63, 3.8) is 0 Å². The number of amides is 1. The minimum Gasteiger partial charge on any atom is -0.445 e. The summed E-state index contributed by atoms with van der Waals surface area (Å²) in [7, 11) is 0. The van der Waals surface area contributed by atoms with Crippen LogP contribution in [0.15, 0.2) is 30.3 Å². The quantitative estimate of drug-likeness (QED) is 0.646. The lowest BCUT2D eigenvalue weighted by Gasteiger charge is -2.07. The van der Waals surface area contributed by atoms with Gasteiger partial charge in [0.1, 0.15) is 6.61 Å². The predicted molar refractivity (Wildman–Crippen MR) is 79.4 cm³/mol. The Hall–Kier alpha value is -1.55. The fraction of sp³-hybridized carbons (Fsp3) is 0.562. The van der Waals surface area contributed by atoms with Crippen LogP contribution in [0.3, 0.4) is 0 Å². The number of carbonyl (C=O) groups excluding carboxylic acids is 1. The number of benzene rings is 1. The molecule has 1 rings (SSSR count). The van der Waals surface area contributed by atoms with Gasteiger partial charge in [0.05, 0.1) is 0 Å². The minimum absolute atomic E-state index is 0.287. The Bertz CT molecular complexity index is 354. The fourth-order valence-corrected chi connectivity index (χ4v) is 1.91. The standard InChI is InChI=1S/C16H25NO3/c18-13-9-4-2-1-3-8-12-17-16(19)20-14-15-10-6-5-7-11-15/h5-7,10-11,18H,1-4,8-9,12-14H2,(H,17,19). The van der Waals surface area contributed by atoms with E-state index in [-0.39, 0.29) is 12.7 Å². The summed E-state index contributed by atoms with van der Waals surface area (Å²) < 4.78 is 5.11. The molecule has 20 heavy (non-hydrogen) atoms. The summed E-state index contributed by atoms with van der Waals surface area (Å²) >= 11 is 0. The van der Waals surface area contributed by atoms with Gasteiger partial charge < -0.3 is 15.2 Å². The van der Waals surface area contributed by atoms with Crippen LogP contribution in [0, 0.1) is 0 Å². The van der Waals surface area contributed by atoms with Crippen molar-refractivity contribution in [3.8, 4) is 0 Å². The molecule has 0 saturated carbocycles. The molecule has 0 spiro atoms. The summed E-state index contributed by atoms with van der Waals surface area (Å²) in [6, 6.07) is 9.64. The van der Waals surface area contributed by atoms with Crippen molar-refractivity contribution < 1.29 is 14.6 Å². The Kier molecular flexibility index (Phi) is 9.32. The zero-order valence-electron chi connectivity index (χ0n) is 12.0. The summed E-state index contributed by atoms with van der Waals surface area (Å²) in [5, 5.41) is 11.4. The summed E-state index contributed by atoms with van der Waals surface area (Å²) in [5.41, 5.74) is 0.992. The number of rotatable bonds is 10. The highest BCUT2D eigenvalue weighted by Crippen LogP contribution is 2.04. The molecule has 0 bridgehead atoms. The Labute approximate surface area is 121 Å². The second-order valence-electron chi connectivity index (χ2n) is 4.83. The molecule has 0 atom stereocenters. The van der Waals surface area contributed by atoms with Crippen molar-refractivity contribution in [2.45, 2.75) is 45.1 Å². The number of nitrogens with one attached hydrogen (secondary N) is 1. The number of alkyl carbamates (subject to hydrolysis) is 1. The number of carbonyl (C=O) groups is 1. The van der Waals surface area contributed by atoms with E-state index in [0.717, 1.165) is 44.1 Å². The average Bonchev–Trinajstić information content (AvgIpc) is 2.49. The van der Waals surface area contributed by atoms with Gasteiger partial charge in [-0.05, 0) is 18.4 Å². The first-order valence-corrected chi connectivity index (χ1v) is 7.38. The monoisotopic (exact) mass is 279 g/mol. The summed E-state index contributed by atoms with van der Waals surface area (Å²) in [5.74, 6) is 0. The molecule has 1 amide bonds. The van der Waals surface area contributed by atoms with E-state index >= 15 is 0 Å². The lowest BCUT2D eigenvalue weighted by atomic mass is 10.1. The SMILES string of the molecule is O=C(NCCCCCCCCO)OCc1ccccc1. The second-order valence-corrected chi connectivity index (χ2v) is 4.83. The molecule has 1 aromatic rings. The predicted octanol–water partition coefficient (Wildman–Crippen LogP) is 3.25. The maximum absolute atomic E-state index is 11.4. The van der Waals surface area contributed by atoms with Crippen LogP contribution < -0.4 is 5.32 Å². The normalized spacial score (nSPS) is 10.2. The average molecular weight is 279 g/mol. The second kappa shape index (κ2) is 11.3. The lowest BCUT2D eigenvalue weighted by molar-refractivity contribution is 0.139. The van der Waals surface area contributed by atoms with E-state index in [1.165, 1.54) is 0 Å². The summed E-state index contributed by atoms with van der Waals surface area (Å²) in [6.45, 7) is 1.26. The van der Waals surface area contributed by atoms with Crippen LogP contribution in [0.25, 0.3) is 0 Å². The Morgan fingerprint density at radius 3 is 2.35 bits per heavy atom. The van der Waals surface area contributed by atoms with Gasteiger partial charge in [-0.3, -0.25) is 0 Å². The molecule has 0 heterocycles. The van der Waals surface area contributed by atoms with E-state index in [2.05, 4.69) is 5.32 Å². The summed E-state index contributed by atoms with van der Waals surface area (Å²) in [6.07, 6.45) is 6.01. The van der Waals surface area contributed by atoms with E-state index in [9.17, 15) is 4.79 Å². The van der Waals surface area contributed by atoms with Gasteiger partial charge in [-0.1, -0.05) is 56.0 Å². The smallest absolute Gasteiger partial charge is 0.407 e. The Balaban J connectivity index is 1.93. The fourth-order valence-electron chi connectivity index (χ4n) is 1.91. The largest absolute Gasteiger partial charge is 0.445 e. The first-order valence-electron chi connectivity index (χ1n) is 7.38. The summed E-state index contributed by atoms with van der Waals surface area (Å²) in [4.78, 5) is 11.4. The van der Waals surface area contributed by atoms with Crippen LogP contribution >= 0.6 is 0 Å². The topological polar surface area (TPSA) is 58.6 Å². The van der Waals surface area contributed by atoms with Gasteiger partial charge in [0.25, 0.3) is 0 Å². The zero-order chi connectivity index (χ0) is 14.5. The third-order valence-corrected chi connectivity index (χ3v) is 3.07. The van der Waals surface area contributed by atoms with Crippen LogP contribution in [0.4, 0.5) is 4.79 Å². The Morgan fingerprint density at radius 1 is 1.00 bits per heavy atom. The van der Waals surface area contributed by atoms with Crippen LogP contribution in [0.5, 0.6) is 0 Å². The van der Waals surface area contributed by atoms with Crippen LogP contribution in [-0.4, -0.2) is 24.4 Å². The third kappa shape index (κ3) is 8.53. The molecular formula is C16H25NO3. The molecule has 0 aliphatic carbocycles. The molecule has 4 nitrogen and oxygen atoms in total. The number of aliphatic hydroxyl groups is 1. The van der Waals surface area contributed by atoms with Gasteiger partial charge >= 0.3 is 6.09 Å². The number of hydrogen-bond donors (Lipinski definition) is 2. The van der Waals surface area contributed by atoms with Gasteiger partial charge in [-0.2, -0.15) is 0 Å². The minimum atomic E-state index is -0.353. The third-order valence-electron chi connectivity index (χ3n) is 3.07. The van der Waals surface area contributed by atoms with Crippen LogP contribution in [-0.2, 0) is 11.3 Å². The molecular weight excluding hydrogens is 254 g/mol. The highest BCUT2D eigenvalue weighted by molar-refractivity contribution is 5.67. The van der Waals surface area contributed by atoms with Gasteiger partial charge in [0.15, 0.2) is 0 Å². The van der Waals surface area contributed by atoms with Crippen molar-refractivity contribution in [2.24, 2.45) is 0 Å². The molecule has 0 aromatic heterocycles. The molecule has 0 fully saturated rings. The van der Waals surface area contributed by atoms with Gasteiger partial charge in [0.2, 0.25) is 0 Å². The number of aliphatic hydroxyl groups excluding tert-OH is 1. The number of ether oxygens (including phenoxy) is 1. The van der Waals surface area contributed by atoms with Crippen molar-refractivity contribution in [2.75, 3.05) is 13.2 Å². The number of unbranched alkanes of at least 4 members (excludes halogenated alkanes) is 5. The van der Waals surface area contributed by atoms with Crippen molar-refractivity contribution in [3.05, 3.63) is 35.9 Å². The van der Waals surface area contributed by atoms with Gasteiger partial charge in [-0.15, -0.1) is 0 Å². The molecule has 0 unspecified atom stereocenters. The molecule has 0 saturated heterocycles. The lowest BCUT2D eigenvalue weighted by Crippen LogP contribution is -2.25. The first kappa shape index (κ1) is 16.5. The Morgan fingerprint density at radius 2 is 1.65 bits per heavy atom. The van der Waals surface area contributed by atoms with Crippen LogP contribution in [0.1, 0.15) is 44.1 Å². The first-order chi connectivity index (χ1) is 9.83. The molecule has 1 aromatic carbocycles. The number of hydrogen-bond acceptors (Lipinski definition) is 3. The maximum atomic E-state index is 11.4. The van der Waals surface area contributed by atoms with E-state index in [1.807, 2.05) is 30.3 Å². The molecule has 4 heteroatoms.